The summed E-state index contributed by atoms with van der Waals surface area (Å²) in [4.78, 5) is 0. The van der Waals surface area contributed by atoms with Crippen LogP contribution in [0, 0.1) is 6.92 Å². The van der Waals surface area contributed by atoms with E-state index in [9.17, 15) is 13.2 Å². The molecular weight excluding hydrogens is 313 g/mol. The van der Waals surface area contributed by atoms with Crippen LogP contribution in [0.15, 0.2) is 48.2 Å². The average molecular weight is 327 g/mol. The molecule has 2 heterocycles. The second kappa shape index (κ2) is 6.01. The molecule has 0 aliphatic carbocycles. The van der Waals surface area contributed by atoms with Crippen molar-refractivity contribution in [3.8, 4) is 0 Å². The summed E-state index contributed by atoms with van der Waals surface area (Å²) < 4.78 is 40.1. The largest absolute Gasteiger partial charge is 0.416 e. The summed E-state index contributed by atoms with van der Waals surface area (Å²) in [6, 6.07) is 2.09. The van der Waals surface area contributed by atoms with Crippen LogP contribution < -0.4 is 0 Å². The van der Waals surface area contributed by atoms with Gasteiger partial charge in [0.2, 0.25) is 0 Å². The first kappa shape index (κ1) is 16.4. The van der Waals surface area contributed by atoms with Crippen LogP contribution in [-0.4, -0.2) is 9.61 Å². The lowest BCUT2D eigenvalue weighted by Gasteiger charge is -2.07. The van der Waals surface area contributed by atoms with Crippen LogP contribution in [0.4, 0.5) is 13.2 Å². The zero-order chi connectivity index (χ0) is 16.5. The Kier molecular flexibility index (Phi) is 4.47. The molecule has 0 aromatic carbocycles. The molecule has 0 bridgehead atoms. The molecule has 116 valence electrons. The average Bonchev–Trinajstić information content (AvgIpc) is 2.74. The van der Waals surface area contributed by atoms with Crippen LogP contribution in [0.1, 0.15) is 23.7 Å². The van der Waals surface area contributed by atoms with Crippen LogP contribution >= 0.6 is 11.6 Å². The molecule has 0 amide bonds. The molecule has 0 aliphatic rings. The number of hydrogen-bond donors (Lipinski definition) is 0. The third kappa shape index (κ3) is 3.25. The van der Waals surface area contributed by atoms with Crippen molar-refractivity contribution in [2.75, 3.05) is 0 Å². The Bertz CT molecular complexity index is 779. The van der Waals surface area contributed by atoms with Crippen LogP contribution in [0.3, 0.4) is 0 Å². The first-order chi connectivity index (χ1) is 10.2. The molecule has 2 nitrogen and oxygen atoms in total. The molecule has 2 rings (SSSR count). The number of aryl methyl sites for hydroxylation is 1. The van der Waals surface area contributed by atoms with Gasteiger partial charge in [-0.05, 0) is 37.6 Å². The Balaban J connectivity index is 2.71. The van der Waals surface area contributed by atoms with E-state index in [2.05, 4.69) is 11.7 Å². The van der Waals surface area contributed by atoms with Gasteiger partial charge in [-0.2, -0.15) is 18.3 Å². The second-order valence-corrected chi connectivity index (χ2v) is 5.38. The van der Waals surface area contributed by atoms with Gasteiger partial charge in [0.15, 0.2) is 0 Å². The molecule has 6 heteroatoms. The molecule has 2 aromatic rings. The number of fused-ring (bicyclic) bond motifs is 1. The van der Waals surface area contributed by atoms with Crippen molar-refractivity contribution in [1.82, 2.24) is 9.61 Å². The quantitative estimate of drug-likeness (QED) is 0.693. The molecule has 0 N–H and O–H groups in total. The van der Waals surface area contributed by atoms with Crippen LogP contribution in [0.2, 0.25) is 0 Å². The highest BCUT2D eigenvalue weighted by atomic mass is 35.5. The zero-order valence-corrected chi connectivity index (χ0v) is 12.8. The summed E-state index contributed by atoms with van der Waals surface area (Å²) in [7, 11) is 0. The van der Waals surface area contributed by atoms with E-state index < -0.39 is 11.7 Å². The molecule has 0 spiro atoms. The van der Waals surface area contributed by atoms with Crippen LogP contribution in [0.25, 0.3) is 11.1 Å². The lowest BCUT2D eigenvalue weighted by Crippen LogP contribution is -2.05. The van der Waals surface area contributed by atoms with Gasteiger partial charge >= 0.3 is 6.18 Å². The highest BCUT2D eigenvalue weighted by Crippen LogP contribution is 2.32. The first-order valence-corrected chi connectivity index (χ1v) is 6.85. The van der Waals surface area contributed by atoms with Crippen molar-refractivity contribution >= 4 is 22.7 Å². The summed E-state index contributed by atoms with van der Waals surface area (Å²) in [5, 5.41) is 4.80. The maximum Gasteiger partial charge on any atom is 0.416 e. The highest BCUT2D eigenvalue weighted by molar-refractivity contribution is 6.29. The van der Waals surface area contributed by atoms with E-state index in [-0.39, 0.29) is 0 Å². The predicted octanol–water partition coefficient (Wildman–Crippen LogP) is 5.37. The van der Waals surface area contributed by atoms with Crippen molar-refractivity contribution in [3.05, 3.63) is 65.0 Å². The van der Waals surface area contributed by atoms with Gasteiger partial charge in [0.05, 0.1) is 16.8 Å². The molecule has 0 saturated carbocycles. The summed E-state index contributed by atoms with van der Waals surface area (Å²) in [5.74, 6) is 0. The molecule has 0 unspecified atom stereocenters. The number of alkyl halides is 3. The maximum atomic E-state index is 12.9. The van der Waals surface area contributed by atoms with Crippen molar-refractivity contribution in [3.63, 3.8) is 0 Å². The standard InChI is InChI=1S/C16H14ClF3N2/c1-4-12(6-5-10(2)17)15-11(3)21-22-8-7-13(9-14(15)22)16(18,19)20/h4-9H,1H2,2-3H3/b10-5+,12-6+. The van der Waals surface area contributed by atoms with Gasteiger partial charge in [-0.25, -0.2) is 4.52 Å². The molecular formula is C16H14ClF3N2. The van der Waals surface area contributed by atoms with E-state index >= 15 is 0 Å². The minimum atomic E-state index is -4.40. The second-order valence-electron chi connectivity index (χ2n) is 4.78. The summed E-state index contributed by atoms with van der Waals surface area (Å²) >= 11 is 5.80. The number of aromatic nitrogens is 2. The Labute approximate surface area is 131 Å². The van der Waals surface area contributed by atoms with E-state index in [1.807, 2.05) is 0 Å². The van der Waals surface area contributed by atoms with E-state index in [1.165, 1.54) is 10.7 Å². The number of pyridine rings is 1. The minimum Gasteiger partial charge on any atom is -0.240 e. The topological polar surface area (TPSA) is 17.3 Å². The van der Waals surface area contributed by atoms with Crippen molar-refractivity contribution in [1.29, 1.82) is 0 Å². The summed E-state index contributed by atoms with van der Waals surface area (Å²) in [5.41, 5.74) is 1.54. The smallest absolute Gasteiger partial charge is 0.240 e. The third-order valence-corrected chi connectivity index (χ3v) is 3.26. The molecule has 0 atom stereocenters. The summed E-state index contributed by atoms with van der Waals surface area (Å²) in [6.07, 6.45) is 1.84. The molecule has 0 radical (unpaired) electrons. The van der Waals surface area contributed by atoms with Crippen molar-refractivity contribution in [2.24, 2.45) is 0 Å². The van der Waals surface area contributed by atoms with E-state index in [4.69, 9.17) is 11.6 Å². The lowest BCUT2D eigenvalue weighted by molar-refractivity contribution is -0.137. The Morgan fingerprint density at radius 3 is 2.59 bits per heavy atom. The van der Waals surface area contributed by atoms with Crippen molar-refractivity contribution in [2.45, 2.75) is 20.0 Å². The fraction of sp³-hybridized carbons (Fsp3) is 0.188. The predicted molar refractivity (Wildman–Crippen MR) is 82.7 cm³/mol. The Hall–Kier alpha value is -2.01. The van der Waals surface area contributed by atoms with E-state index in [0.29, 0.717) is 27.4 Å². The van der Waals surface area contributed by atoms with Gasteiger partial charge in [-0.3, -0.25) is 0 Å². The van der Waals surface area contributed by atoms with Gasteiger partial charge in [0.25, 0.3) is 0 Å². The third-order valence-electron chi connectivity index (χ3n) is 3.14. The number of halogens is 4. The monoisotopic (exact) mass is 326 g/mol. The highest BCUT2D eigenvalue weighted by Gasteiger charge is 2.31. The van der Waals surface area contributed by atoms with Crippen molar-refractivity contribution < 1.29 is 13.2 Å². The molecule has 0 aliphatic heterocycles. The first-order valence-electron chi connectivity index (χ1n) is 6.47. The van der Waals surface area contributed by atoms with Crippen LogP contribution in [0.5, 0.6) is 0 Å². The van der Waals surface area contributed by atoms with Gasteiger partial charge in [-0.15, -0.1) is 0 Å². The fourth-order valence-corrected chi connectivity index (χ4v) is 2.22. The Morgan fingerprint density at radius 2 is 2.05 bits per heavy atom. The SMILES string of the molecule is C=C/C(=C\C=C(/C)Cl)c1c(C)nn2ccc(C(F)(F)F)cc12. The zero-order valence-electron chi connectivity index (χ0n) is 12.1. The van der Waals surface area contributed by atoms with E-state index in [1.54, 1.807) is 32.1 Å². The fourth-order valence-electron chi connectivity index (χ4n) is 2.15. The molecule has 0 saturated heterocycles. The number of rotatable bonds is 3. The van der Waals surface area contributed by atoms with Gasteiger partial charge in [0.1, 0.15) is 0 Å². The Morgan fingerprint density at radius 1 is 1.36 bits per heavy atom. The number of nitrogens with zero attached hydrogens (tertiary/aromatic N) is 2. The maximum absolute atomic E-state index is 12.9. The minimum absolute atomic E-state index is 0.374. The van der Waals surface area contributed by atoms with Gasteiger partial charge in [0, 0.05) is 16.8 Å². The molecule has 2 aromatic heterocycles. The van der Waals surface area contributed by atoms with E-state index in [0.717, 1.165) is 12.1 Å². The molecule has 0 fully saturated rings. The molecule has 22 heavy (non-hydrogen) atoms. The van der Waals surface area contributed by atoms with Gasteiger partial charge in [-0.1, -0.05) is 30.3 Å². The normalized spacial score (nSPS) is 13.7. The van der Waals surface area contributed by atoms with Crippen LogP contribution in [-0.2, 0) is 6.18 Å². The number of allylic oxidation sites excluding steroid dienone is 5. The number of hydrogen-bond acceptors (Lipinski definition) is 1. The summed E-state index contributed by atoms with van der Waals surface area (Å²) in [6.45, 7) is 7.17. The van der Waals surface area contributed by atoms with Gasteiger partial charge < -0.3 is 0 Å². The lowest BCUT2D eigenvalue weighted by atomic mass is 10.0.